The smallest absolute Gasteiger partial charge is 0.287 e. The van der Waals surface area contributed by atoms with Gasteiger partial charge in [0.25, 0.3) is 17.7 Å². The highest BCUT2D eigenvalue weighted by molar-refractivity contribution is 6.05. The summed E-state index contributed by atoms with van der Waals surface area (Å²) in [5, 5.41) is 8.12. The molecule has 3 aromatic rings. The maximum Gasteiger partial charge on any atom is 0.287 e. The first-order valence-electron chi connectivity index (χ1n) is 9.75. The van der Waals surface area contributed by atoms with Crippen LogP contribution in [-0.2, 0) is 0 Å². The van der Waals surface area contributed by atoms with Crippen LogP contribution in [0.3, 0.4) is 0 Å². The van der Waals surface area contributed by atoms with Crippen LogP contribution in [0.1, 0.15) is 31.3 Å². The second-order valence-corrected chi connectivity index (χ2v) is 6.59. The van der Waals surface area contributed by atoms with Crippen molar-refractivity contribution in [3.8, 4) is 11.5 Å². The van der Waals surface area contributed by atoms with Gasteiger partial charge in [0.15, 0.2) is 17.3 Å². The van der Waals surface area contributed by atoms with E-state index in [0.29, 0.717) is 28.3 Å². The Labute approximate surface area is 184 Å². The predicted molar refractivity (Wildman–Crippen MR) is 117 cm³/mol. The van der Waals surface area contributed by atoms with Gasteiger partial charge in [-0.05, 0) is 54.6 Å². The van der Waals surface area contributed by atoms with Gasteiger partial charge in [-0.25, -0.2) is 0 Å². The molecule has 32 heavy (non-hydrogen) atoms. The van der Waals surface area contributed by atoms with Crippen LogP contribution in [0.5, 0.6) is 11.5 Å². The topological polar surface area (TPSA) is 119 Å². The fourth-order valence-electron chi connectivity index (χ4n) is 2.83. The second-order valence-electron chi connectivity index (χ2n) is 6.59. The third kappa shape index (κ3) is 5.66. The Bertz CT molecular complexity index is 1080. The number of hydrogen-bond donors (Lipinski definition) is 3. The van der Waals surface area contributed by atoms with Gasteiger partial charge in [0.2, 0.25) is 0 Å². The van der Waals surface area contributed by atoms with Crippen molar-refractivity contribution in [2.45, 2.75) is 0 Å². The Morgan fingerprint density at radius 1 is 0.781 bits per heavy atom. The lowest BCUT2D eigenvalue weighted by molar-refractivity contribution is 0.0910. The lowest BCUT2D eigenvalue weighted by Gasteiger charge is -2.10. The summed E-state index contributed by atoms with van der Waals surface area (Å²) in [6, 6.07) is 14.5. The molecule has 0 saturated heterocycles. The molecule has 3 amide bonds. The van der Waals surface area contributed by atoms with Crippen molar-refractivity contribution in [3.63, 3.8) is 0 Å². The van der Waals surface area contributed by atoms with Gasteiger partial charge < -0.3 is 29.8 Å². The number of hydrogen-bond acceptors (Lipinski definition) is 6. The summed E-state index contributed by atoms with van der Waals surface area (Å²) in [5.74, 6) is 0.221. The van der Waals surface area contributed by atoms with Gasteiger partial charge in [-0.1, -0.05) is 0 Å². The van der Waals surface area contributed by atoms with E-state index in [4.69, 9.17) is 13.9 Å². The Balaban J connectivity index is 1.49. The molecule has 0 spiro atoms. The summed E-state index contributed by atoms with van der Waals surface area (Å²) in [6.07, 6.45) is 1.41. The molecule has 0 radical (unpaired) electrons. The van der Waals surface area contributed by atoms with Crippen molar-refractivity contribution < 1.29 is 28.3 Å². The molecule has 9 nitrogen and oxygen atoms in total. The fourth-order valence-corrected chi connectivity index (χ4v) is 2.83. The maximum atomic E-state index is 12.5. The first kappa shape index (κ1) is 22.4. The Morgan fingerprint density at radius 2 is 1.44 bits per heavy atom. The first-order valence-corrected chi connectivity index (χ1v) is 9.75. The molecular weight excluding hydrogens is 414 g/mol. The van der Waals surface area contributed by atoms with Crippen molar-refractivity contribution in [1.29, 1.82) is 0 Å². The number of methoxy groups -OCH3 is 2. The van der Waals surface area contributed by atoms with Crippen molar-refractivity contribution in [3.05, 3.63) is 77.7 Å². The van der Waals surface area contributed by atoms with Crippen LogP contribution in [0.15, 0.2) is 65.3 Å². The minimum Gasteiger partial charge on any atom is -0.493 e. The Hall–Kier alpha value is -4.27. The molecule has 0 aliphatic rings. The van der Waals surface area contributed by atoms with E-state index in [1.54, 1.807) is 54.6 Å². The van der Waals surface area contributed by atoms with E-state index < -0.39 is 0 Å². The number of nitrogens with one attached hydrogen (secondary N) is 3. The van der Waals surface area contributed by atoms with Crippen molar-refractivity contribution in [2.24, 2.45) is 0 Å². The number of anilines is 1. The molecule has 0 aliphatic carbocycles. The van der Waals surface area contributed by atoms with Gasteiger partial charge in [0.1, 0.15) is 0 Å². The zero-order valence-corrected chi connectivity index (χ0v) is 17.6. The molecule has 1 heterocycles. The average molecular weight is 437 g/mol. The van der Waals surface area contributed by atoms with E-state index in [-0.39, 0.29) is 36.6 Å². The molecule has 3 rings (SSSR count). The van der Waals surface area contributed by atoms with Crippen LogP contribution in [0.25, 0.3) is 0 Å². The number of carbonyl (C=O) groups excluding carboxylic acids is 3. The molecule has 166 valence electrons. The monoisotopic (exact) mass is 437 g/mol. The van der Waals surface area contributed by atoms with E-state index in [2.05, 4.69) is 16.0 Å². The number of ether oxygens (including phenoxy) is 2. The molecule has 0 bridgehead atoms. The number of rotatable bonds is 9. The van der Waals surface area contributed by atoms with E-state index in [0.717, 1.165) is 0 Å². The second kappa shape index (κ2) is 10.7. The van der Waals surface area contributed by atoms with Gasteiger partial charge in [0, 0.05) is 29.9 Å². The quantitative estimate of drug-likeness (QED) is 0.443. The zero-order chi connectivity index (χ0) is 22.9. The largest absolute Gasteiger partial charge is 0.493 e. The first-order chi connectivity index (χ1) is 15.5. The summed E-state index contributed by atoms with van der Waals surface area (Å²) in [4.78, 5) is 36.5. The minimum absolute atomic E-state index is 0.210. The SMILES string of the molecule is COc1ccc(C(=O)Nc2ccc(C(=O)NCCNC(=O)c3ccco3)cc2)cc1OC. The van der Waals surface area contributed by atoms with Gasteiger partial charge >= 0.3 is 0 Å². The van der Waals surface area contributed by atoms with Gasteiger partial charge in [-0.2, -0.15) is 0 Å². The summed E-state index contributed by atoms with van der Waals surface area (Å²) < 4.78 is 15.4. The molecular formula is C23H23N3O6. The summed E-state index contributed by atoms with van der Waals surface area (Å²) >= 11 is 0. The van der Waals surface area contributed by atoms with E-state index in [1.165, 1.54) is 20.5 Å². The third-order valence-corrected chi connectivity index (χ3v) is 4.49. The number of furan rings is 1. The molecule has 9 heteroatoms. The van der Waals surface area contributed by atoms with Crippen LogP contribution < -0.4 is 25.4 Å². The molecule has 0 saturated carbocycles. The molecule has 2 aromatic carbocycles. The van der Waals surface area contributed by atoms with Gasteiger partial charge in [0.05, 0.1) is 20.5 Å². The highest BCUT2D eigenvalue weighted by atomic mass is 16.5. The van der Waals surface area contributed by atoms with Crippen LogP contribution in [0.4, 0.5) is 5.69 Å². The fraction of sp³-hybridized carbons (Fsp3) is 0.174. The Kier molecular flexibility index (Phi) is 7.47. The summed E-state index contributed by atoms with van der Waals surface area (Å²) in [5.41, 5.74) is 1.36. The summed E-state index contributed by atoms with van der Waals surface area (Å²) in [6.45, 7) is 0.508. The van der Waals surface area contributed by atoms with Crippen LogP contribution in [-0.4, -0.2) is 45.0 Å². The molecule has 0 aliphatic heterocycles. The minimum atomic E-state index is -0.348. The van der Waals surface area contributed by atoms with E-state index >= 15 is 0 Å². The Morgan fingerprint density at radius 3 is 2.06 bits per heavy atom. The summed E-state index contributed by atoms with van der Waals surface area (Å²) in [7, 11) is 3.02. The van der Waals surface area contributed by atoms with Crippen molar-refractivity contribution in [2.75, 3.05) is 32.6 Å². The molecule has 0 atom stereocenters. The highest BCUT2D eigenvalue weighted by Gasteiger charge is 2.12. The van der Waals surface area contributed by atoms with Crippen LogP contribution in [0, 0.1) is 0 Å². The standard InChI is InChI=1S/C23H23N3O6/c1-30-18-10-7-16(14-20(18)31-2)22(28)26-17-8-5-15(6-9-17)21(27)24-11-12-25-23(29)19-4-3-13-32-19/h3-10,13-14H,11-12H2,1-2H3,(H,24,27)(H,25,29)(H,26,28). The van der Waals surface area contributed by atoms with Crippen LogP contribution >= 0.6 is 0 Å². The lowest BCUT2D eigenvalue weighted by Crippen LogP contribution is -2.34. The highest BCUT2D eigenvalue weighted by Crippen LogP contribution is 2.27. The maximum absolute atomic E-state index is 12.5. The third-order valence-electron chi connectivity index (χ3n) is 4.49. The number of amides is 3. The molecule has 0 fully saturated rings. The lowest BCUT2D eigenvalue weighted by atomic mass is 10.1. The van der Waals surface area contributed by atoms with Crippen molar-refractivity contribution >= 4 is 23.4 Å². The van der Waals surface area contributed by atoms with Gasteiger partial charge in [-0.15, -0.1) is 0 Å². The van der Waals surface area contributed by atoms with E-state index in [9.17, 15) is 14.4 Å². The van der Waals surface area contributed by atoms with Crippen LogP contribution in [0.2, 0.25) is 0 Å². The normalized spacial score (nSPS) is 10.2. The van der Waals surface area contributed by atoms with E-state index in [1.807, 2.05) is 0 Å². The molecule has 3 N–H and O–H groups in total. The predicted octanol–water partition coefficient (Wildman–Crippen LogP) is 2.71. The van der Waals surface area contributed by atoms with Gasteiger partial charge in [-0.3, -0.25) is 14.4 Å². The number of carbonyl (C=O) groups is 3. The molecule has 0 unspecified atom stereocenters. The zero-order valence-electron chi connectivity index (χ0n) is 17.6. The van der Waals surface area contributed by atoms with Crippen molar-refractivity contribution in [1.82, 2.24) is 10.6 Å². The average Bonchev–Trinajstić information content (AvgIpc) is 3.36. The number of benzene rings is 2. The molecule has 1 aromatic heterocycles.